The highest BCUT2D eigenvalue weighted by Gasteiger charge is 2.26. The molecular weight excluding hydrogens is 268 g/mol. The van der Waals surface area contributed by atoms with Gasteiger partial charge in [0, 0.05) is 12.8 Å². The smallest absolute Gasteiger partial charge is 0.308 e. The van der Waals surface area contributed by atoms with Crippen LogP contribution in [-0.4, -0.2) is 18.4 Å². The van der Waals surface area contributed by atoms with Gasteiger partial charge in [-0.15, -0.1) is 0 Å². The largest absolute Gasteiger partial charge is 0.466 e. The van der Waals surface area contributed by atoms with Crippen LogP contribution in [0.15, 0.2) is 0 Å². The summed E-state index contributed by atoms with van der Waals surface area (Å²) in [4.78, 5) is 21.6. The van der Waals surface area contributed by atoms with Crippen LogP contribution in [0.1, 0.15) is 58.8 Å². The highest BCUT2D eigenvalue weighted by Crippen LogP contribution is 2.28. The molecule has 0 aliphatic heterocycles. The van der Waals surface area contributed by atoms with Gasteiger partial charge in [0.05, 0.1) is 31.1 Å². The fourth-order valence-corrected chi connectivity index (χ4v) is 1.86. The van der Waals surface area contributed by atoms with Gasteiger partial charge in [-0.1, -0.05) is 12.8 Å². The normalized spacial score (nSPS) is 16.2. The lowest BCUT2D eigenvalue weighted by Gasteiger charge is -2.22. The van der Waals surface area contributed by atoms with Crippen LogP contribution >= 0.6 is 0 Å². The lowest BCUT2D eigenvalue weighted by molar-refractivity contribution is -0.150. The monoisotopic (exact) mass is 292 g/mol. The second-order valence-corrected chi connectivity index (χ2v) is 5.03. The second-order valence-electron chi connectivity index (χ2n) is 5.03. The van der Waals surface area contributed by atoms with E-state index in [0.29, 0.717) is 6.61 Å². The van der Waals surface area contributed by atoms with Crippen LogP contribution in [0.3, 0.4) is 0 Å². The molecule has 2 fully saturated rings. The molecule has 5 heteroatoms. The molecule has 0 aromatic heterocycles. The predicted octanol–water partition coefficient (Wildman–Crippen LogP) is 3.15. The number of hydrogen-bond donors (Lipinski definition) is 0. The minimum atomic E-state index is 0.00347. The molecule has 0 N–H and O–H groups in total. The van der Waals surface area contributed by atoms with E-state index in [9.17, 15) is 9.59 Å². The number of esters is 1. The zero-order valence-corrected chi connectivity index (χ0v) is 12.9. The molecule has 2 aliphatic rings. The summed E-state index contributed by atoms with van der Waals surface area (Å²) >= 11 is 0. The summed E-state index contributed by atoms with van der Waals surface area (Å²) in [6.07, 6.45) is 6.59. The molecule has 116 valence electrons. The first-order valence-corrected chi connectivity index (χ1v) is 7.47. The summed E-state index contributed by atoms with van der Waals surface area (Å²) in [7, 11) is 0. The van der Waals surface area contributed by atoms with Crippen molar-refractivity contribution >= 4 is 11.8 Å². The lowest BCUT2D eigenvalue weighted by Crippen LogP contribution is -2.23. The molecule has 21 heavy (non-hydrogen) atoms. The van der Waals surface area contributed by atoms with Crippen LogP contribution in [0.2, 0.25) is 0 Å². The van der Waals surface area contributed by atoms with Gasteiger partial charge < -0.3 is 4.74 Å². The molecule has 0 aromatic rings. The maximum Gasteiger partial charge on any atom is 0.308 e. The molecule has 0 unspecified atom stereocenters. The maximum atomic E-state index is 10.8. The SMILES string of the molecule is CC#N.CCOC(=O)C1CCC1.N#CCC(=O)C1CCC1. The number of ketones is 1. The summed E-state index contributed by atoms with van der Waals surface area (Å²) in [5.74, 6) is 0.627. The van der Waals surface area contributed by atoms with Crippen molar-refractivity contribution < 1.29 is 14.3 Å². The molecule has 0 heterocycles. The Balaban J connectivity index is 0.000000322. The zero-order valence-electron chi connectivity index (χ0n) is 12.9. The van der Waals surface area contributed by atoms with E-state index >= 15 is 0 Å². The van der Waals surface area contributed by atoms with Gasteiger partial charge in [0.25, 0.3) is 0 Å². The number of hydrogen-bond acceptors (Lipinski definition) is 5. The Morgan fingerprint density at radius 2 is 1.57 bits per heavy atom. The van der Waals surface area contributed by atoms with Crippen LogP contribution in [0, 0.1) is 34.5 Å². The standard InChI is InChI=1S/C7H9NO.C7H12O2.C2H3N/c8-5-4-7(9)6-2-1-3-6;1-2-9-7(8)6-4-3-5-6;1-2-3/h6H,1-4H2;6H,2-5H2,1H3;1H3. The number of nitriles is 2. The molecule has 5 nitrogen and oxygen atoms in total. The highest BCUT2D eigenvalue weighted by atomic mass is 16.5. The van der Waals surface area contributed by atoms with Crippen LogP contribution in [0.4, 0.5) is 0 Å². The van der Waals surface area contributed by atoms with Crippen molar-refractivity contribution in [1.82, 2.24) is 0 Å². The van der Waals surface area contributed by atoms with Crippen molar-refractivity contribution in [3.05, 3.63) is 0 Å². The van der Waals surface area contributed by atoms with Gasteiger partial charge in [0.15, 0.2) is 0 Å². The molecule has 0 aromatic carbocycles. The summed E-state index contributed by atoms with van der Waals surface area (Å²) in [5, 5.41) is 15.5. The average Bonchev–Trinajstić information content (AvgIpc) is 2.26. The molecule has 0 saturated heterocycles. The topological polar surface area (TPSA) is 90.9 Å². The first-order chi connectivity index (χ1) is 10.1. The van der Waals surface area contributed by atoms with Crippen LogP contribution < -0.4 is 0 Å². The third-order valence-electron chi connectivity index (χ3n) is 3.54. The molecule has 0 radical (unpaired) electrons. The van der Waals surface area contributed by atoms with Gasteiger partial charge >= 0.3 is 5.97 Å². The first-order valence-electron chi connectivity index (χ1n) is 7.47. The van der Waals surface area contributed by atoms with E-state index in [1.54, 1.807) is 6.07 Å². The minimum Gasteiger partial charge on any atom is -0.466 e. The van der Waals surface area contributed by atoms with Crippen molar-refractivity contribution in [1.29, 1.82) is 10.5 Å². The van der Waals surface area contributed by atoms with Crippen molar-refractivity contribution in [3.63, 3.8) is 0 Å². The van der Waals surface area contributed by atoms with Crippen LogP contribution in [-0.2, 0) is 14.3 Å². The first kappa shape index (κ1) is 19.1. The molecule has 0 amide bonds. The lowest BCUT2D eigenvalue weighted by atomic mass is 9.81. The molecule has 2 saturated carbocycles. The van der Waals surface area contributed by atoms with Gasteiger partial charge in [-0.2, -0.15) is 10.5 Å². The van der Waals surface area contributed by atoms with Gasteiger partial charge in [0.1, 0.15) is 5.78 Å². The highest BCUT2D eigenvalue weighted by molar-refractivity contribution is 5.83. The Hall–Kier alpha value is -1.88. The van der Waals surface area contributed by atoms with E-state index in [4.69, 9.17) is 15.3 Å². The second kappa shape index (κ2) is 11.9. The Morgan fingerprint density at radius 3 is 1.86 bits per heavy atom. The molecule has 2 rings (SSSR count). The van der Waals surface area contributed by atoms with Crippen LogP contribution in [0.25, 0.3) is 0 Å². The quantitative estimate of drug-likeness (QED) is 0.742. The summed E-state index contributed by atoms with van der Waals surface area (Å²) in [5.41, 5.74) is 0. The van der Waals surface area contributed by atoms with Crippen molar-refractivity contribution in [2.24, 2.45) is 11.8 Å². The number of rotatable bonds is 4. The molecule has 0 bridgehead atoms. The fraction of sp³-hybridized carbons (Fsp3) is 0.750. The van der Waals surface area contributed by atoms with E-state index in [1.807, 2.05) is 13.0 Å². The van der Waals surface area contributed by atoms with E-state index < -0.39 is 0 Å². The predicted molar refractivity (Wildman–Crippen MR) is 77.8 cm³/mol. The maximum absolute atomic E-state index is 10.8. The summed E-state index contributed by atoms with van der Waals surface area (Å²) < 4.78 is 4.81. The Bertz CT molecular complexity index is 399. The average molecular weight is 292 g/mol. The van der Waals surface area contributed by atoms with Gasteiger partial charge in [0.2, 0.25) is 0 Å². The third kappa shape index (κ3) is 8.09. The van der Waals surface area contributed by atoms with Crippen molar-refractivity contribution in [3.8, 4) is 12.1 Å². The minimum absolute atomic E-state index is 0.00347. The van der Waals surface area contributed by atoms with Crippen LogP contribution in [0.5, 0.6) is 0 Å². The Kier molecular flexibility index (Phi) is 10.8. The number of carbonyl (C=O) groups excluding carboxylic acids is 2. The molecular formula is C16H24N2O3. The number of carbonyl (C=O) groups is 2. The van der Waals surface area contributed by atoms with Crippen molar-refractivity contribution in [2.75, 3.05) is 6.61 Å². The summed E-state index contributed by atoms with van der Waals surface area (Å²) in [6, 6.07) is 3.62. The summed E-state index contributed by atoms with van der Waals surface area (Å²) in [6.45, 7) is 3.80. The zero-order chi connectivity index (χ0) is 16.1. The number of nitrogens with zero attached hydrogens (tertiary/aromatic N) is 2. The fourth-order valence-electron chi connectivity index (χ4n) is 1.86. The van der Waals surface area contributed by atoms with Gasteiger partial charge in [-0.3, -0.25) is 9.59 Å². The van der Waals surface area contributed by atoms with Crippen molar-refractivity contribution in [2.45, 2.75) is 58.8 Å². The van der Waals surface area contributed by atoms with E-state index in [1.165, 1.54) is 19.8 Å². The van der Waals surface area contributed by atoms with Gasteiger partial charge in [-0.25, -0.2) is 0 Å². The Labute approximate surface area is 126 Å². The van der Waals surface area contributed by atoms with E-state index in [0.717, 1.165) is 25.7 Å². The number of ether oxygens (including phenoxy) is 1. The van der Waals surface area contributed by atoms with E-state index in [-0.39, 0.29) is 30.0 Å². The Morgan fingerprint density at radius 1 is 1.10 bits per heavy atom. The molecule has 0 atom stereocenters. The molecule has 0 spiro atoms. The molecule has 2 aliphatic carbocycles. The number of Topliss-reactive ketones (excluding diaryl/α,β-unsaturated/α-hetero) is 1. The van der Waals surface area contributed by atoms with E-state index in [2.05, 4.69) is 0 Å². The van der Waals surface area contributed by atoms with Gasteiger partial charge in [-0.05, 0) is 32.6 Å². The third-order valence-corrected chi connectivity index (χ3v) is 3.54.